The zero-order valence-corrected chi connectivity index (χ0v) is 19.6. The number of hydrogen-bond donors (Lipinski definition) is 1. The first-order chi connectivity index (χ1) is 15.5. The largest absolute Gasteiger partial charge is 0.453 e. The van der Waals surface area contributed by atoms with E-state index in [2.05, 4.69) is 28.4 Å². The molecule has 0 spiro atoms. The highest BCUT2D eigenvalue weighted by Gasteiger charge is 2.37. The van der Waals surface area contributed by atoms with Crippen LogP contribution in [0.25, 0.3) is 0 Å². The Balaban J connectivity index is 1.42. The third-order valence-corrected chi connectivity index (χ3v) is 6.76. The van der Waals surface area contributed by atoms with Gasteiger partial charge in [-0.05, 0) is 36.5 Å². The number of ether oxygens (including phenoxy) is 2. The van der Waals surface area contributed by atoms with Crippen LogP contribution in [-0.4, -0.2) is 87.4 Å². The third-order valence-electron chi connectivity index (χ3n) is 6.39. The van der Waals surface area contributed by atoms with E-state index in [0.717, 1.165) is 55.7 Å². The maximum atomic E-state index is 13.1. The SMILES string of the molecule is COC(=O)N(C)CCCN1CC(Cl)c2ccc(CN(C(=O)C3CNCCO3)C3CC3)cc21. The van der Waals surface area contributed by atoms with Gasteiger partial charge in [0.05, 0.1) is 19.1 Å². The number of hydrogen-bond acceptors (Lipinski definition) is 6. The maximum absolute atomic E-state index is 13.1. The highest BCUT2D eigenvalue weighted by molar-refractivity contribution is 6.22. The van der Waals surface area contributed by atoms with Gasteiger partial charge in [-0.15, -0.1) is 11.6 Å². The molecule has 1 aromatic carbocycles. The van der Waals surface area contributed by atoms with Gasteiger partial charge in [-0.1, -0.05) is 12.1 Å². The van der Waals surface area contributed by atoms with E-state index in [1.54, 1.807) is 11.9 Å². The summed E-state index contributed by atoms with van der Waals surface area (Å²) in [5, 5.41) is 3.20. The highest BCUT2D eigenvalue weighted by Crippen LogP contribution is 2.40. The molecule has 0 radical (unpaired) electrons. The molecular weight excluding hydrogens is 432 g/mol. The zero-order chi connectivity index (χ0) is 22.7. The molecule has 176 valence electrons. The Morgan fingerprint density at radius 3 is 2.84 bits per heavy atom. The molecule has 4 rings (SSSR count). The number of rotatable bonds is 8. The topological polar surface area (TPSA) is 74.4 Å². The molecule has 2 heterocycles. The van der Waals surface area contributed by atoms with Gasteiger partial charge in [0, 0.05) is 58.0 Å². The standard InChI is InChI=1S/C23H33ClN4O4/c1-26(23(30)31-2)9-3-10-27-15-19(24)18-7-4-16(12-20(18)27)14-28(17-5-6-17)22(29)21-13-25-8-11-32-21/h4,7,12,17,19,21,25H,3,5-6,8-11,13-15H2,1-2H3. The molecule has 2 aliphatic heterocycles. The summed E-state index contributed by atoms with van der Waals surface area (Å²) < 4.78 is 10.5. The van der Waals surface area contributed by atoms with Crippen molar-refractivity contribution < 1.29 is 19.1 Å². The predicted octanol–water partition coefficient (Wildman–Crippen LogP) is 2.35. The monoisotopic (exact) mass is 464 g/mol. The summed E-state index contributed by atoms with van der Waals surface area (Å²) in [5.41, 5.74) is 3.36. The Kier molecular flexibility index (Phi) is 7.43. The van der Waals surface area contributed by atoms with Gasteiger partial charge in [0.15, 0.2) is 0 Å². The van der Waals surface area contributed by atoms with Crippen LogP contribution in [0.1, 0.15) is 35.8 Å². The van der Waals surface area contributed by atoms with E-state index in [0.29, 0.717) is 32.3 Å². The van der Waals surface area contributed by atoms with Crippen LogP contribution in [0.4, 0.5) is 10.5 Å². The van der Waals surface area contributed by atoms with Crippen molar-refractivity contribution in [2.75, 3.05) is 58.4 Å². The lowest BCUT2D eigenvalue weighted by Gasteiger charge is -2.30. The Morgan fingerprint density at radius 1 is 1.34 bits per heavy atom. The maximum Gasteiger partial charge on any atom is 0.409 e. The molecule has 8 nitrogen and oxygen atoms in total. The van der Waals surface area contributed by atoms with Gasteiger partial charge in [-0.3, -0.25) is 4.79 Å². The van der Waals surface area contributed by atoms with Crippen molar-refractivity contribution in [3.63, 3.8) is 0 Å². The first kappa shape index (κ1) is 23.1. The van der Waals surface area contributed by atoms with E-state index in [1.807, 2.05) is 4.90 Å². The molecule has 1 aliphatic carbocycles. The Labute approximate surface area is 194 Å². The smallest absolute Gasteiger partial charge is 0.409 e. The van der Waals surface area contributed by atoms with Gasteiger partial charge in [0.25, 0.3) is 5.91 Å². The number of carbonyl (C=O) groups excluding carboxylic acids is 2. The van der Waals surface area contributed by atoms with Gasteiger partial charge in [0.2, 0.25) is 0 Å². The number of nitrogens with one attached hydrogen (secondary N) is 1. The van der Waals surface area contributed by atoms with Gasteiger partial charge in [-0.25, -0.2) is 4.79 Å². The van der Waals surface area contributed by atoms with Crippen molar-refractivity contribution in [2.24, 2.45) is 0 Å². The Bertz CT molecular complexity index is 828. The number of fused-ring (bicyclic) bond motifs is 1. The summed E-state index contributed by atoms with van der Waals surface area (Å²) in [6.45, 7) is 4.69. The summed E-state index contributed by atoms with van der Waals surface area (Å²) in [6.07, 6.45) is 2.21. The first-order valence-electron chi connectivity index (χ1n) is 11.4. The summed E-state index contributed by atoms with van der Waals surface area (Å²) in [4.78, 5) is 30.5. The Hall–Kier alpha value is -2.03. The number of halogens is 1. The lowest BCUT2D eigenvalue weighted by molar-refractivity contribution is -0.146. The fourth-order valence-electron chi connectivity index (χ4n) is 4.45. The minimum Gasteiger partial charge on any atom is -0.453 e. The van der Waals surface area contributed by atoms with Crippen LogP contribution in [0.15, 0.2) is 18.2 Å². The fourth-order valence-corrected chi connectivity index (χ4v) is 4.80. The number of amides is 2. The number of nitrogens with zero attached hydrogens (tertiary/aromatic N) is 3. The van der Waals surface area contributed by atoms with Crippen molar-refractivity contribution in [3.8, 4) is 0 Å². The summed E-state index contributed by atoms with van der Waals surface area (Å²) >= 11 is 6.61. The predicted molar refractivity (Wildman–Crippen MR) is 123 cm³/mol. The van der Waals surface area contributed by atoms with E-state index >= 15 is 0 Å². The average molecular weight is 465 g/mol. The van der Waals surface area contributed by atoms with Crippen LogP contribution in [0.5, 0.6) is 0 Å². The van der Waals surface area contributed by atoms with Crippen molar-refractivity contribution in [3.05, 3.63) is 29.3 Å². The molecule has 9 heteroatoms. The van der Waals surface area contributed by atoms with Gasteiger partial charge >= 0.3 is 6.09 Å². The van der Waals surface area contributed by atoms with E-state index in [9.17, 15) is 9.59 Å². The van der Waals surface area contributed by atoms with Gasteiger partial charge in [0.1, 0.15) is 6.10 Å². The number of anilines is 1. The highest BCUT2D eigenvalue weighted by atomic mass is 35.5. The molecule has 1 aromatic rings. The van der Waals surface area contributed by atoms with Crippen LogP contribution in [-0.2, 0) is 20.8 Å². The summed E-state index contributed by atoms with van der Waals surface area (Å²) in [6, 6.07) is 6.67. The molecule has 0 aromatic heterocycles. The van der Waals surface area contributed by atoms with Crippen molar-refractivity contribution >= 4 is 29.3 Å². The molecule has 1 saturated heterocycles. The Morgan fingerprint density at radius 2 is 2.16 bits per heavy atom. The molecule has 0 bridgehead atoms. The van der Waals surface area contributed by atoms with Crippen molar-refractivity contribution in [1.82, 2.24) is 15.1 Å². The van der Waals surface area contributed by atoms with E-state index in [-0.39, 0.29) is 17.4 Å². The third kappa shape index (κ3) is 5.30. The molecule has 2 amide bonds. The molecular formula is C23H33ClN4O4. The second-order valence-electron chi connectivity index (χ2n) is 8.81. The number of carbonyl (C=O) groups is 2. The average Bonchev–Trinajstić information content (AvgIpc) is 3.61. The van der Waals surface area contributed by atoms with Gasteiger partial charge < -0.3 is 29.5 Å². The van der Waals surface area contributed by atoms with Crippen molar-refractivity contribution in [1.29, 1.82) is 0 Å². The lowest BCUT2D eigenvalue weighted by atomic mass is 10.1. The minimum absolute atomic E-state index is 0.0553. The number of methoxy groups -OCH3 is 1. The van der Waals surface area contributed by atoms with E-state index < -0.39 is 6.10 Å². The molecule has 1 saturated carbocycles. The number of benzene rings is 1. The van der Waals surface area contributed by atoms with Crippen LogP contribution in [0.3, 0.4) is 0 Å². The second-order valence-corrected chi connectivity index (χ2v) is 9.34. The van der Waals surface area contributed by atoms with Gasteiger partial charge in [-0.2, -0.15) is 0 Å². The zero-order valence-electron chi connectivity index (χ0n) is 18.9. The lowest BCUT2D eigenvalue weighted by Crippen LogP contribution is -2.49. The number of morpholine rings is 1. The minimum atomic E-state index is -0.394. The molecule has 2 unspecified atom stereocenters. The van der Waals surface area contributed by atoms with E-state index in [1.165, 1.54) is 7.11 Å². The molecule has 2 fully saturated rings. The van der Waals surface area contributed by atoms with E-state index in [4.69, 9.17) is 21.1 Å². The van der Waals surface area contributed by atoms with Crippen molar-refractivity contribution in [2.45, 2.75) is 43.3 Å². The van der Waals surface area contributed by atoms with Crippen LogP contribution < -0.4 is 10.2 Å². The quantitative estimate of drug-likeness (QED) is 0.595. The first-order valence-corrected chi connectivity index (χ1v) is 11.8. The fraction of sp³-hybridized carbons (Fsp3) is 0.652. The van der Waals surface area contributed by atoms with Crippen LogP contribution in [0.2, 0.25) is 0 Å². The second kappa shape index (κ2) is 10.3. The summed E-state index contributed by atoms with van der Waals surface area (Å²) in [7, 11) is 3.13. The molecule has 32 heavy (non-hydrogen) atoms. The summed E-state index contributed by atoms with van der Waals surface area (Å²) in [5.74, 6) is 0.0816. The van der Waals surface area contributed by atoms with Crippen LogP contribution >= 0.6 is 11.6 Å². The normalized spacial score (nSPS) is 22.4. The molecule has 3 aliphatic rings. The van der Waals surface area contributed by atoms with Crippen LogP contribution in [0, 0.1) is 0 Å². The number of alkyl halides is 1. The molecule has 2 atom stereocenters. The molecule has 1 N–H and O–H groups in total.